The van der Waals surface area contributed by atoms with Crippen LogP contribution in [-0.4, -0.2) is 40.4 Å². The summed E-state index contributed by atoms with van der Waals surface area (Å²) in [5, 5.41) is 3.58. The summed E-state index contributed by atoms with van der Waals surface area (Å²) in [6.07, 6.45) is 1.29. The molecule has 1 unspecified atom stereocenters. The van der Waals surface area contributed by atoms with Crippen LogP contribution in [0.3, 0.4) is 0 Å². The van der Waals surface area contributed by atoms with Gasteiger partial charge in [0.15, 0.2) is 0 Å². The Morgan fingerprint density at radius 1 is 1.45 bits per heavy atom. The quantitative estimate of drug-likeness (QED) is 0.928. The van der Waals surface area contributed by atoms with Gasteiger partial charge < -0.3 is 10.2 Å². The number of rotatable bonds is 4. The number of halogens is 1. The van der Waals surface area contributed by atoms with Gasteiger partial charge >= 0.3 is 0 Å². The van der Waals surface area contributed by atoms with Crippen LogP contribution in [0.4, 0.5) is 10.2 Å². The molecule has 0 aliphatic carbocycles. The highest BCUT2D eigenvalue weighted by Crippen LogP contribution is 2.21. The van der Waals surface area contributed by atoms with Crippen LogP contribution in [0.5, 0.6) is 0 Å². The number of hydrogen-bond acceptors (Lipinski definition) is 4. The first-order valence-corrected chi connectivity index (χ1v) is 6.45. The Balaban J connectivity index is 2.30. The zero-order chi connectivity index (χ0) is 14.7. The Hall–Kier alpha value is -2.24. The molecule has 2 rings (SSSR count). The predicted molar refractivity (Wildman–Crippen MR) is 75.9 cm³/mol. The molecule has 20 heavy (non-hydrogen) atoms. The number of benzene rings is 1. The van der Waals surface area contributed by atoms with E-state index in [1.54, 1.807) is 31.0 Å². The van der Waals surface area contributed by atoms with Crippen LogP contribution in [-0.2, 0) is 4.79 Å². The summed E-state index contributed by atoms with van der Waals surface area (Å²) in [5.41, 5.74) is 0.244. The first-order valence-electron chi connectivity index (χ1n) is 6.45. The smallest absolute Gasteiger partial charge is 0.244 e. The van der Waals surface area contributed by atoms with Gasteiger partial charge in [0.25, 0.3) is 0 Å². The minimum absolute atomic E-state index is 0.0457. The molecule has 5 nitrogen and oxygen atoms in total. The van der Waals surface area contributed by atoms with Crippen molar-refractivity contribution in [3.63, 3.8) is 0 Å². The lowest BCUT2D eigenvalue weighted by molar-refractivity contribution is -0.130. The topological polar surface area (TPSA) is 58.1 Å². The molecule has 6 heteroatoms. The highest BCUT2D eigenvalue weighted by Gasteiger charge is 2.18. The van der Waals surface area contributed by atoms with Crippen molar-refractivity contribution in [3.05, 3.63) is 30.3 Å². The zero-order valence-corrected chi connectivity index (χ0v) is 11.7. The van der Waals surface area contributed by atoms with Crippen molar-refractivity contribution in [2.75, 3.05) is 18.9 Å². The largest absolute Gasteiger partial charge is 0.358 e. The summed E-state index contributed by atoms with van der Waals surface area (Å²) in [6, 6.07) is 4.22. The summed E-state index contributed by atoms with van der Waals surface area (Å²) in [5.74, 6) is 0.00752. The Morgan fingerprint density at radius 2 is 2.20 bits per heavy atom. The number of carbonyl (C=O) groups is 1. The van der Waals surface area contributed by atoms with Gasteiger partial charge in [0.2, 0.25) is 5.91 Å². The standard InChI is InChI=1S/C14H17FN4O/c1-4-19(3)14(20)9(2)18-13-10-6-5-7-11(15)12(10)16-8-17-13/h5-9H,4H2,1-3H3,(H,16,17,18). The van der Waals surface area contributed by atoms with E-state index in [0.29, 0.717) is 17.7 Å². The van der Waals surface area contributed by atoms with Crippen molar-refractivity contribution in [2.24, 2.45) is 0 Å². The highest BCUT2D eigenvalue weighted by atomic mass is 19.1. The van der Waals surface area contributed by atoms with Crippen LogP contribution in [0.25, 0.3) is 10.9 Å². The minimum atomic E-state index is -0.443. The second kappa shape index (κ2) is 5.81. The van der Waals surface area contributed by atoms with Crippen molar-refractivity contribution in [1.82, 2.24) is 14.9 Å². The van der Waals surface area contributed by atoms with E-state index in [0.717, 1.165) is 0 Å². The molecule has 1 aromatic heterocycles. The maximum Gasteiger partial charge on any atom is 0.244 e. The summed E-state index contributed by atoms with van der Waals surface area (Å²) in [6.45, 7) is 4.28. The normalized spacial score (nSPS) is 12.2. The maximum atomic E-state index is 13.7. The first kappa shape index (κ1) is 14.2. The van der Waals surface area contributed by atoms with Gasteiger partial charge in [-0.15, -0.1) is 0 Å². The van der Waals surface area contributed by atoms with E-state index in [-0.39, 0.29) is 11.4 Å². The number of fused-ring (bicyclic) bond motifs is 1. The molecule has 0 saturated heterocycles. The molecular formula is C14H17FN4O. The molecule has 2 aromatic rings. The Labute approximate surface area is 116 Å². The van der Waals surface area contributed by atoms with Crippen molar-refractivity contribution < 1.29 is 9.18 Å². The number of aromatic nitrogens is 2. The van der Waals surface area contributed by atoms with Crippen molar-refractivity contribution in [1.29, 1.82) is 0 Å². The van der Waals surface area contributed by atoms with Crippen molar-refractivity contribution >= 4 is 22.6 Å². The second-order valence-corrected chi connectivity index (χ2v) is 4.58. The second-order valence-electron chi connectivity index (χ2n) is 4.58. The molecule has 0 spiro atoms. The Kier molecular flexibility index (Phi) is 4.12. The van der Waals surface area contributed by atoms with Gasteiger partial charge in [-0.05, 0) is 26.0 Å². The lowest BCUT2D eigenvalue weighted by atomic mass is 10.2. The first-order chi connectivity index (χ1) is 9.54. The van der Waals surface area contributed by atoms with Gasteiger partial charge in [-0.3, -0.25) is 4.79 Å². The molecule has 1 amide bonds. The third-order valence-electron chi connectivity index (χ3n) is 3.19. The number of anilines is 1. The molecule has 0 saturated carbocycles. The van der Waals surface area contributed by atoms with E-state index in [2.05, 4.69) is 15.3 Å². The maximum absolute atomic E-state index is 13.7. The summed E-state index contributed by atoms with van der Waals surface area (Å²) in [7, 11) is 1.73. The lowest BCUT2D eigenvalue weighted by Gasteiger charge is -2.21. The van der Waals surface area contributed by atoms with Gasteiger partial charge in [-0.1, -0.05) is 6.07 Å². The van der Waals surface area contributed by atoms with E-state index in [1.807, 2.05) is 6.92 Å². The van der Waals surface area contributed by atoms with Crippen LogP contribution >= 0.6 is 0 Å². The molecule has 0 aliphatic rings. The van der Waals surface area contributed by atoms with E-state index in [9.17, 15) is 9.18 Å². The molecule has 1 heterocycles. The fourth-order valence-electron chi connectivity index (χ4n) is 1.92. The van der Waals surface area contributed by atoms with Gasteiger partial charge in [0.05, 0.1) is 0 Å². The zero-order valence-electron chi connectivity index (χ0n) is 11.7. The third kappa shape index (κ3) is 2.68. The summed E-state index contributed by atoms with van der Waals surface area (Å²) in [4.78, 5) is 21.7. The number of likely N-dealkylation sites (N-methyl/N-ethyl adjacent to an activating group) is 1. The van der Waals surface area contributed by atoms with Gasteiger partial charge in [0, 0.05) is 19.0 Å². The number of hydrogen-bond donors (Lipinski definition) is 1. The van der Waals surface area contributed by atoms with Gasteiger partial charge in [0.1, 0.15) is 29.5 Å². The number of nitrogens with one attached hydrogen (secondary N) is 1. The monoisotopic (exact) mass is 276 g/mol. The molecule has 0 radical (unpaired) electrons. The number of amides is 1. The van der Waals surface area contributed by atoms with E-state index in [4.69, 9.17) is 0 Å². The predicted octanol–water partition coefficient (Wildman–Crippen LogP) is 2.05. The van der Waals surface area contributed by atoms with Crippen LogP contribution < -0.4 is 5.32 Å². The fraction of sp³-hybridized carbons (Fsp3) is 0.357. The molecule has 1 atom stereocenters. The molecular weight excluding hydrogens is 259 g/mol. The summed E-state index contributed by atoms with van der Waals surface area (Å²) >= 11 is 0. The molecule has 1 aromatic carbocycles. The third-order valence-corrected chi connectivity index (χ3v) is 3.19. The Morgan fingerprint density at radius 3 is 2.90 bits per heavy atom. The minimum Gasteiger partial charge on any atom is -0.358 e. The van der Waals surface area contributed by atoms with Gasteiger partial charge in [-0.25, -0.2) is 14.4 Å². The molecule has 106 valence electrons. The van der Waals surface area contributed by atoms with Crippen LogP contribution in [0, 0.1) is 5.82 Å². The number of para-hydroxylation sites is 1. The van der Waals surface area contributed by atoms with Crippen molar-refractivity contribution in [3.8, 4) is 0 Å². The average molecular weight is 276 g/mol. The molecule has 0 aliphatic heterocycles. The van der Waals surface area contributed by atoms with E-state index < -0.39 is 11.9 Å². The lowest BCUT2D eigenvalue weighted by Crippen LogP contribution is -2.39. The van der Waals surface area contributed by atoms with Crippen molar-refractivity contribution in [2.45, 2.75) is 19.9 Å². The molecule has 1 N–H and O–H groups in total. The number of nitrogens with zero attached hydrogens (tertiary/aromatic N) is 3. The van der Waals surface area contributed by atoms with Crippen LogP contribution in [0.1, 0.15) is 13.8 Å². The average Bonchev–Trinajstić information content (AvgIpc) is 2.46. The SMILES string of the molecule is CCN(C)C(=O)C(C)Nc1ncnc2c(F)cccc12. The summed E-state index contributed by atoms with van der Waals surface area (Å²) < 4.78 is 13.7. The Bertz CT molecular complexity index is 632. The van der Waals surface area contributed by atoms with E-state index >= 15 is 0 Å². The van der Waals surface area contributed by atoms with Crippen LogP contribution in [0.2, 0.25) is 0 Å². The number of carbonyl (C=O) groups excluding carboxylic acids is 1. The fourth-order valence-corrected chi connectivity index (χ4v) is 1.92. The van der Waals surface area contributed by atoms with Crippen LogP contribution in [0.15, 0.2) is 24.5 Å². The van der Waals surface area contributed by atoms with E-state index in [1.165, 1.54) is 12.4 Å². The molecule has 0 bridgehead atoms. The van der Waals surface area contributed by atoms with Gasteiger partial charge in [-0.2, -0.15) is 0 Å². The molecule has 0 fully saturated rings. The highest BCUT2D eigenvalue weighted by molar-refractivity contribution is 5.92.